The van der Waals surface area contributed by atoms with E-state index in [1.807, 2.05) is 37.4 Å². The number of carbonyl (C=O) groups is 1. The Morgan fingerprint density at radius 3 is 2.36 bits per heavy atom. The summed E-state index contributed by atoms with van der Waals surface area (Å²) in [6.07, 6.45) is 0. The van der Waals surface area contributed by atoms with Crippen LogP contribution in [0.1, 0.15) is 38.2 Å². The highest BCUT2D eigenvalue weighted by molar-refractivity contribution is 7.14. The number of anilines is 1. The van der Waals surface area contributed by atoms with Crippen molar-refractivity contribution in [2.24, 2.45) is 0 Å². The van der Waals surface area contributed by atoms with Crippen molar-refractivity contribution in [3.8, 4) is 11.3 Å². The molecular formula is C21H22N2OS. The summed E-state index contributed by atoms with van der Waals surface area (Å²) in [7, 11) is 0. The SMILES string of the molecule is Cc1cc(C)c(-c2csc(NC(=O)c3cccc(C)c3C)n2)c(C)c1. The smallest absolute Gasteiger partial charge is 0.257 e. The van der Waals surface area contributed by atoms with Crippen LogP contribution in [0.15, 0.2) is 35.7 Å². The third kappa shape index (κ3) is 3.49. The third-order valence-corrected chi connectivity index (χ3v) is 5.26. The highest BCUT2D eigenvalue weighted by atomic mass is 32.1. The third-order valence-electron chi connectivity index (χ3n) is 4.51. The molecule has 0 atom stereocenters. The maximum atomic E-state index is 12.6. The summed E-state index contributed by atoms with van der Waals surface area (Å²) >= 11 is 1.46. The number of rotatable bonds is 3. The molecule has 0 aliphatic rings. The van der Waals surface area contributed by atoms with E-state index in [-0.39, 0.29) is 5.91 Å². The molecule has 0 aliphatic heterocycles. The number of hydrogen-bond donors (Lipinski definition) is 1. The van der Waals surface area contributed by atoms with Gasteiger partial charge in [0.1, 0.15) is 0 Å². The molecule has 3 rings (SSSR count). The number of carbonyl (C=O) groups excluding carboxylic acids is 1. The van der Waals surface area contributed by atoms with Gasteiger partial charge in [-0.3, -0.25) is 10.1 Å². The fourth-order valence-corrected chi connectivity index (χ4v) is 3.89. The van der Waals surface area contributed by atoms with Gasteiger partial charge in [-0.25, -0.2) is 4.98 Å². The summed E-state index contributed by atoms with van der Waals surface area (Å²) in [4.78, 5) is 17.2. The van der Waals surface area contributed by atoms with Gasteiger partial charge in [0, 0.05) is 16.5 Å². The van der Waals surface area contributed by atoms with Crippen molar-refractivity contribution in [2.75, 3.05) is 5.32 Å². The van der Waals surface area contributed by atoms with E-state index in [4.69, 9.17) is 0 Å². The predicted octanol–water partition coefficient (Wildman–Crippen LogP) is 5.60. The van der Waals surface area contributed by atoms with Gasteiger partial charge in [-0.2, -0.15) is 0 Å². The first kappa shape index (κ1) is 17.4. The fraction of sp³-hybridized carbons (Fsp3) is 0.238. The van der Waals surface area contributed by atoms with Crippen LogP contribution in [-0.2, 0) is 0 Å². The Bertz CT molecular complexity index is 933. The van der Waals surface area contributed by atoms with Crippen LogP contribution < -0.4 is 5.32 Å². The maximum absolute atomic E-state index is 12.6. The predicted molar refractivity (Wildman–Crippen MR) is 106 cm³/mol. The Hall–Kier alpha value is -2.46. The average molecular weight is 350 g/mol. The first-order valence-corrected chi connectivity index (χ1v) is 9.16. The van der Waals surface area contributed by atoms with Gasteiger partial charge in [0.25, 0.3) is 5.91 Å². The number of nitrogens with one attached hydrogen (secondary N) is 1. The lowest BCUT2D eigenvalue weighted by Gasteiger charge is -2.09. The number of amides is 1. The van der Waals surface area contributed by atoms with Crippen molar-refractivity contribution in [3.05, 3.63) is 69.1 Å². The number of aromatic nitrogens is 1. The zero-order valence-electron chi connectivity index (χ0n) is 15.2. The molecule has 25 heavy (non-hydrogen) atoms. The van der Waals surface area contributed by atoms with E-state index in [9.17, 15) is 4.79 Å². The van der Waals surface area contributed by atoms with Crippen LogP contribution in [0.25, 0.3) is 11.3 Å². The molecule has 0 bridgehead atoms. The second-order valence-electron chi connectivity index (χ2n) is 6.51. The highest BCUT2D eigenvalue weighted by Gasteiger charge is 2.14. The second kappa shape index (κ2) is 6.81. The van der Waals surface area contributed by atoms with Crippen LogP contribution in [-0.4, -0.2) is 10.9 Å². The fourth-order valence-electron chi connectivity index (χ4n) is 3.19. The molecule has 1 heterocycles. The minimum Gasteiger partial charge on any atom is -0.298 e. The lowest BCUT2D eigenvalue weighted by Crippen LogP contribution is -2.13. The van der Waals surface area contributed by atoms with Gasteiger partial charge in [-0.1, -0.05) is 29.8 Å². The number of nitrogens with zero attached hydrogens (tertiary/aromatic N) is 1. The van der Waals surface area contributed by atoms with Gasteiger partial charge in [-0.05, 0) is 62.9 Å². The van der Waals surface area contributed by atoms with Gasteiger partial charge in [0.15, 0.2) is 5.13 Å². The molecule has 0 spiro atoms. The average Bonchev–Trinajstić information content (AvgIpc) is 2.97. The van der Waals surface area contributed by atoms with E-state index in [0.29, 0.717) is 10.7 Å². The summed E-state index contributed by atoms with van der Waals surface area (Å²) in [5, 5.41) is 5.56. The molecule has 0 aliphatic carbocycles. The van der Waals surface area contributed by atoms with Crippen molar-refractivity contribution in [1.29, 1.82) is 0 Å². The maximum Gasteiger partial charge on any atom is 0.257 e. The van der Waals surface area contributed by atoms with Gasteiger partial charge >= 0.3 is 0 Å². The number of benzene rings is 2. The quantitative estimate of drug-likeness (QED) is 0.667. The van der Waals surface area contributed by atoms with E-state index in [1.54, 1.807) is 0 Å². The molecule has 0 saturated carbocycles. The molecule has 0 radical (unpaired) electrons. The first-order chi connectivity index (χ1) is 11.9. The van der Waals surface area contributed by atoms with E-state index in [0.717, 1.165) is 22.4 Å². The Balaban J connectivity index is 1.88. The van der Waals surface area contributed by atoms with Crippen LogP contribution in [0, 0.1) is 34.6 Å². The van der Waals surface area contributed by atoms with E-state index in [2.05, 4.69) is 43.2 Å². The largest absolute Gasteiger partial charge is 0.298 e. The van der Waals surface area contributed by atoms with Gasteiger partial charge in [0.2, 0.25) is 0 Å². The lowest BCUT2D eigenvalue weighted by atomic mass is 9.98. The van der Waals surface area contributed by atoms with Gasteiger partial charge in [-0.15, -0.1) is 11.3 Å². The van der Waals surface area contributed by atoms with Crippen LogP contribution >= 0.6 is 11.3 Å². The van der Waals surface area contributed by atoms with Crippen LogP contribution in [0.5, 0.6) is 0 Å². The van der Waals surface area contributed by atoms with Crippen LogP contribution in [0.4, 0.5) is 5.13 Å². The first-order valence-electron chi connectivity index (χ1n) is 8.28. The van der Waals surface area contributed by atoms with Gasteiger partial charge < -0.3 is 0 Å². The van der Waals surface area contributed by atoms with Crippen molar-refractivity contribution < 1.29 is 4.79 Å². The van der Waals surface area contributed by atoms with Crippen molar-refractivity contribution in [2.45, 2.75) is 34.6 Å². The molecule has 1 aromatic heterocycles. The number of thiazole rings is 1. The minimum absolute atomic E-state index is 0.112. The summed E-state index contributed by atoms with van der Waals surface area (Å²) in [6, 6.07) is 10.1. The summed E-state index contributed by atoms with van der Waals surface area (Å²) in [6.45, 7) is 10.3. The Morgan fingerprint density at radius 2 is 1.68 bits per heavy atom. The summed E-state index contributed by atoms with van der Waals surface area (Å²) in [5.74, 6) is -0.112. The zero-order valence-corrected chi connectivity index (χ0v) is 16.0. The Morgan fingerprint density at radius 1 is 1.00 bits per heavy atom. The normalized spacial score (nSPS) is 10.8. The second-order valence-corrected chi connectivity index (χ2v) is 7.37. The van der Waals surface area contributed by atoms with E-state index >= 15 is 0 Å². The zero-order chi connectivity index (χ0) is 18.1. The Kier molecular flexibility index (Phi) is 4.73. The molecular weight excluding hydrogens is 328 g/mol. The molecule has 3 aromatic rings. The van der Waals surface area contributed by atoms with Crippen molar-refractivity contribution in [3.63, 3.8) is 0 Å². The minimum atomic E-state index is -0.112. The van der Waals surface area contributed by atoms with E-state index < -0.39 is 0 Å². The summed E-state index contributed by atoms with van der Waals surface area (Å²) < 4.78 is 0. The standard InChI is InChI=1S/C21H22N2OS/c1-12-9-14(3)19(15(4)10-12)18-11-25-21(22-18)23-20(24)17-8-6-7-13(2)16(17)5/h6-11H,1-5H3,(H,22,23,24). The molecule has 0 fully saturated rings. The molecule has 128 valence electrons. The highest BCUT2D eigenvalue weighted by Crippen LogP contribution is 2.31. The molecule has 4 heteroatoms. The topological polar surface area (TPSA) is 42.0 Å². The molecule has 0 saturated heterocycles. The summed E-state index contributed by atoms with van der Waals surface area (Å²) in [5.41, 5.74) is 8.52. The van der Waals surface area contributed by atoms with Crippen molar-refractivity contribution in [1.82, 2.24) is 4.98 Å². The van der Waals surface area contributed by atoms with Gasteiger partial charge in [0.05, 0.1) is 5.69 Å². The molecule has 1 amide bonds. The lowest BCUT2D eigenvalue weighted by molar-refractivity contribution is 0.102. The van der Waals surface area contributed by atoms with Crippen molar-refractivity contribution >= 4 is 22.4 Å². The molecule has 3 nitrogen and oxygen atoms in total. The molecule has 0 unspecified atom stereocenters. The Labute approximate surface area is 152 Å². The number of hydrogen-bond acceptors (Lipinski definition) is 3. The number of aryl methyl sites for hydroxylation is 4. The van der Waals surface area contributed by atoms with E-state index in [1.165, 1.54) is 28.0 Å². The van der Waals surface area contributed by atoms with Crippen LogP contribution in [0.2, 0.25) is 0 Å². The molecule has 2 aromatic carbocycles. The van der Waals surface area contributed by atoms with Crippen LogP contribution in [0.3, 0.4) is 0 Å². The monoisotopic (exact) mass is 350 g/mol. The molecule has 1 N–H and O–H groups in total.